The maximum Gasteiger partial charge on any atom is 0.337 e. The molecule has 6 nitrogen and oxygen atoms in total. The lowest BCUT2D eigenvalue weighted by Gasteiger charge is -2.15. The highest BCUT2D eigenvalue weighted by molar-refractivity contribution is 7.89. The summed E-state index contributed by atoms with van der Waals surface area (Å²) in [7, 11) is -2.27. The fourth-order valence-electron chi connectivity index (χ4n) is 1.54. The van der Waals surface area contributed by atoms with Crippen molar-refractivity contribution in [1.82, 2.24) is 9.29 Å². The Morgan fingerprint density at radius 3 is 2.65 bits per heavy atom. The van der Waals surface area contributed by atoms with E-state index in [0.29, 0.717) is 0 Å². The summed E-state index contributed by atoms with van der Waals surface area (Å²) < 4.78 is 25.7. The van der Waals surface area contributed by atoms with Crippen molar-refractivity contribution in [2.24, 2.45) is 0 Å². The van der Waals surface area contributed by atoms with Crippen LogP contribution in [0.3, 0.4) is 0 Å². The summed E-state index contributed by atoms with van der Waals surface area (Å²) in [6.45, 7) is 0.244. The molecule has 0 saturated carbocycles. The van der Waals surface area contributed by atoms with Gasteiger partial charge in [0.15, 0.2) is 5.03 Å². The van der Waals surface area contributed by atoms with Gasteiger partial charge in [0.1, 0.15) is 0 Å². The summed E-state index contributed by atoms with van der Waals surface area (Å²) in [4.78, 5) is 14.4. The molecule has 0 spiro atoms. The highest BCUT2D eigenvalue weighted by Crippen LogP contribution is 2.16. The van der Waals surface area contributed by atoms with E-state index in [1.165, 1.54) is 34.8 Å². The van der Waals surface area contributed by atoms with E-state index in [0.717, 1.165) is 11.8 Å². The number of carboxylic acids is 1. The lowest BCUT2D eigenvalue weighted by molar-refractivity contribution is 0.0696. The van der Waals surface area contributed by atoms with E-state index in [1.807, 2.05) is 16.8 Å². The number of aromatic nitrogens is 1. The van der Waals surface area contributed by atoms with Gasteiger partial charge in [0.05, 0.1) is 5.56 Å². The molecule has 8 heteroatoms. The second-order valence-corrected chi connectivity index (χ2v) is 6.85. The van der Waals surface area contributed by atoms with E-state index < -0.39 is 16.0 Å². The Kier molecular flexibility index (Phi) is 4.17. The Labute approximate surface area is 120 Å². The summed E-state index contributed by atoms with van der Waals surface area (Å²) in [6, 6.07) is 4.27. The van der Waals surface area contributed by atoms with Crippen LogP contribution in [-0.4, -0.2) is 35.8 Å². The first-order valence-corrected chi connectivity index (χ1v) is 7.96. The zero-order valence-electron chi connectivity index (χ0n) is 10.6. The molecular weight excluding hydrogens is 300 g/mol. The van der Waals surface area contributed by atoms with Gasteiger partial charge in [-0.25, -0.2) is 18.2 Å². The number of aromatic carboxylic acids is 1. The summed E-state index contributed by atoms with van der Waals surface area (Å²) in [5.41, 5.74) is 0.840. The van der Waals surface area contributed by atoms with Crippen LogP contribution in [0.1, 0.15) is 15.9 Å². The van der Waals surface area contributed by atoms with Gasteiger partial charge in [-0.15, -0.1) is 0 Å². The zero-order valence-corrected chi connectivity index (χ0v) is 12.2. The van der Waals surface area contributed by atoms with Crippen molar-refractivity contribution in [2.75, 3.05) is 7.05 Å². The number of hydrogen-bond acceptors (Lipinski definition) is 5. The molecule has 0 unspecified atom stereocenters. The molecule has 1 N–H and O–H groups in total. The molecule has 0 amide bonds. The fraction of sp³-hybridized carbons (Fsp3) is 0.167. The topological polar surface area (TPSA) is 87.6 Å². The summed E-state index contributed by atoms with van der Waals surface area (Å²) in [6.07, 6.45) is 1.04. The van der Waals surface area contributed by atoms with E-state index in [9.17, 15) is 13.2 Å². The number of thiophene rings is 1. The van der Waals surface area contributed by atoms with Crippen molar-refractivity contribution in [2.45, 2.75) is 11.6 Å². The zero-order chi connectivity index (χ0) is 14.8. The van der Waals surface area contributed by atoms with Gasteiger partial charge >= 0.3 is 5.97 Å². The van der Waals surface area contributed by atoms with E-state index in [2.05, 4.69) is 4.98 Å². The normalized spacial score (nSPS) is 11.7. The van der Waals surface area contributed by atoms with Crippen LogP contribution in [0.25, 0.3) is 0 Å². The van der Waals surface area contributed by atoms with Crippen molar-refractivity contribution in [3.05, 3.63) is 46.3 Å². The predicted molar refractivity (Wildman–Crippen MR) is 74.2 cm³/mol. The third-order valence-electron chi connectivity index (χ3n) is 2.64. The van der Waals surface area contributed by atoms with Gasteiger partial charge in [-0.05, 0) is 34.5 Å². The highest BCUT2D eigenvalue weighted by atomic mass is 32.2. The Hall–Kier alpha value is -1.77. The lowest BCUT2D eigenvalue weighted by Crippen LogP contribution is -2.27. The van der Waals surface area contributed by atoms with Gasteiger partial charge < -0.3 is 5.11 Å². The summed E-state index contributed by atoms with van der Waals surface area (Å²) in [5.74, 6) is -1.15. The molecule has 0 radical (unpaired) electrons. The number of rotatable bonds is 5. The van der Waals surface area contributed by atoms with Gasteiger partial charge in [-0.1, -0.05) is 0 Å². The first kappa shape index (κ1) is 14.6. The van der Waals surface area contributed by atoms with E-state index in [-0.39, 0.29) is 17.1 Å². The molecule has 0 aliphatic rings. The monoisotopic (exact) mass is 312 g/mol. The minimum Gasteiger partial charge on any atom is -0.478 e. The van der Waals surface area contributed by atoms with Gasteiger partial charge in [-0.2, -0.15) is 15.6 Å². The van der Waals surface area contributed by atoms with Crippen molar-refractivity contribution >= 4 is 27.3 Å². The van der Waals surface area contributed by atoms with Crippen LogP contribution in [0.15, 0.2) is 40.2 Å². The average Bonchev–Trinajstić information content (AvgIpc) is 2.91. The quantitative estimate of drug-likeness (QED) is 0.907. The molecule has 0 aliphatic carbocycles. The van der Waals surface area contributed by atoms with Crippen molar-refractivity contribution in [1.29, 1.82) is 0 Å². The van der Waals surface area contributed by atoms with Crippen molar-refractivity contribution < 1.29 is 18.3 Å². The first-order chi connectivity index (χ1) is 9.41. The smallest absolute Gasteiger partial charge is 0.337 e. The summed E-state index contributed by atoms with van der Waals surface area (Å²) >= 11 is 1.49. The maximum atomic E-state index is 12.3. The average molecular weight is 312 g/mol. The number of carboxylic acid groups (broad SMARTS) is 1. The molecule has 0 saturated heterocycles. The molecule has 0 fully saturated rings. The van der Waals surface area contributed by atoms with Crippen LogP contribution >= 0.6 is 11.3 Å². The van der Waals surface area contributed by atoms with Crippen LogP contribution in [-0.2, 0) is 16.6 Å². The number of nitrogens with zero attached hydrogens (tertiary/aromatic N) is 2. The SMILES string of the molecule is CN(Cc1ccsc1)S(=O)(=O)c1ccc(C(=O)O)cn1. The molecule has 0 bridgehead atoms. The Bertz CT molecular complexity index is 694. The molecule has 2 heterocycles. The largest absolute Gasteiger partial charge is 0.478 e. The number of pyridine rings is 1. The van der Waals surface area contributed by atoms with Crippen LogP contribution in [0.4, 0.5) is 0 Å². The third kappa shape index (κ3) is 3.03. The molecule has 0 aliphatic heterocycles. The summed E-state index contributed by atoms with van der Waals surface area (Å²) in [5, 5.41) is 12.3. The minimum absolute atomic E-state index is 0.0514. The van der Waals surface area contributed by atoms with Gasteiger partial charge in [0.2, 0.25) is 0 Å². The van der Waals surface area contributed by atoms with Crippen molar-refractivity contribution in [3.8, 4) is 0 Å². The lowest BCUT2D eigenvalue weighted by atomic mass is 10.3. The van der Waals surface area contributed by atoms with Crippen LogP contribution in [0.2, 0.25) is 0 Å². The van der Waals surface area contributed by atoms with Crippen LogP contribution < -0.4 is 0 Å². The molecule has 2 aromatic heterocycles. The van der Waals surface area contributed by atoms with E-state index in [4.69, 9.17) is 5.11 Å². The molecular formula is C12H12N2O4S2. The third-order valence-corrected chi connectivity index (χ3v) is 5.10. The predicted octanol–water partition coefficient (Wildman–Crippen LogP) is 1.66. The van der Waals surface area contributed by atoms with Crippen LogP contribution in [0.5, 0.6) is 0 Å². The second-order valence-electron chi connectivity index (χ2n) is 4.08. The molecule has 106 valence electrons. The molecule has 0 atom stereocenters. The Morgan fingerprint density at radius 2 is 2.15 bits per heavy atom. The Balaban J connectivity index is 2.23. The van der Waals surface area contributed by atoms with E-state index in [1.54, 1.807) is 0 Å². The van der Waals surface area contributed by atoms with Crippen LogP contribution in [0, 0.1) is 0 Å². The van der Waals surface area contributed by atoms with Gasteiger partial charge in [-0.3, -0.25) is 0 Å². The van der Waals surface area contributed by atoms with E-state index >= 15 is 0 Å². The fourth-order valence-corrected chi connectivity index (χ4v) is 3.27. The van der Waals surface area contributed by atoms with Crippen molar-refractivity contribution in [3.63, 3.8) is 0 Å². The minimum atomic E-state index is -3.72. The highest BCUT2D eigenvalue weighted by Gasteiger charge is 2.22. The molecule has 2 aromatic rings. The first-order valence-electron chi connectivity index (χ1n) is 5.58. The van der Waals surface area contributed by atoms with Gasteiger partial charge in [0.25, 0.3) is 10.0 Å². The second kappa shape index (κ2) is 5.70. The number of sulfonamides is 1. The standard InChI is InChI=1S/C12H12N2O4S2/c1-14(7-9-4-5-19-8-9)20(17,18)11-3-2-10(6-13-11)12(15)16/h2-6,8H,7H2,1H3,(H,15,16). The van der Waals surface area contributed by atoms with Gasteiger partial charge in [0, 0.05) is 19.8 Å². The molecule has 20 heavy (non-hydrogen) atoms. The Morgan fingerprint density at radius 1 is 1.40 bits per heavy atom. The number of carbonyl (C=O) groups is 1. The molecule has 0 aromatic carbocycles. The number of hydrogen-bond donors (Lipinski definition) is 1. The maximum absolute atomic E-state index is 12.3. The molecule has 2 rings (SSSR count).